The first-order valence-corrected chi connectivity index (χ1v) is 8.79. The van der Waals surface area contributed by atoms with Gasteiger partial charge in [0.05, 0.1) is 20.1 Å². The van der Waals surface area contributed by atoms with E-state index in [9.17, 15) is 14.4 Å². The van der Waals surface area contributed by atoms with Crippen molar-refractivity contribution in [2.24, 2.45) is 0 Å². The molecule has 0 spiro atoms. The third-order valence-corrected chi connectivity index (χ3v) is 4.43. The van der Waals surface area contributed by atoms with E-state index in [2.05, 4.69) is 10.1 Å². The minimum Gasteiger partial charge on any atom is -0.469 e. The summed E-state index contributed by atoms with van der Waals surface area (Å²) in [5, 5.41) is 3.22. The lowest BCUT2D eigenvalue weighted by atomic mass is 10.0. The van der Waals surface area contributed by atoms with Crippen molar-refractivity contribution in [1.29, 1.82) is 0 Å². The average Bonchev–Trinajstić information content (AvgIpc) is 3.15. The van der Waals surface area contributed by atoms with Crippen LogP contribution in [0.3, 0.4) is 0 Å². The molecule has 0 aliphatic carbocycles. The van der Waals surface area contributed by atoms with E-state index in [4.69, 9.17) is 16.3 Å². The third kappa shape index (κ3) is 5.62. The number of carbonyl (C=O) groups excluding carboxylic acids is 3. The first-order chi connectivity index (χ1) is 12.3. The average molecular weight is 383 g/mol. The number of nitrogens with one attached hydrogen (secondary N) is 1. The van der Waals surface area contributed by atoms with Crippen molar-refractivity contribution in [3.05, 3.63) is 34.9 Å². The van der Waals surface area contributed by atoms with E-state index in [1.54, 1.807) is 36.1 Å². The molecule has 2 rings (SSSR count). The van der Waals surface area contributed by atoms with E-state index in [1.807, 2.05) is 0 Å². The molecule has 1 saturated heterocycles. The summed E-state index contributed by atoms with van der Waals surface area (Å²) in [6.07, 6.45) is 1.20. The van der Waals surface area contributed by atoms with Crippen LogP contribution in [0.15, 0.2) is 24.3 Å². The van der Waals surface area contributed by atoms with Gasteiger partial charge in [-0.05, 0) is 44.0 Å². The standard InChI is InChI=1S/C18H23ClN2O5/c1-18(11-15(22)25-2,26-17(24)21-9-3-4-10-21)12-20-16(23)13-5-7-14(19)8-6-13/h5-8H,3-4,9-12H2,1-2H3,(H,20,23). The van der Waals surface area contributed by atoms with Gasteiger partial charge in [0.25, 0.3) is 5.91 Å². The van der Waals surface area contributed by atoms with Crippen molar-refractivity contribution in [1.82, 2.24) is 10.2 Å². The zero-order chi connectivity index (χ0) is 19.2. The molecule has 2 amide bonds. The molecule has 1 aliphatic heterocycles. The molecule has 1 atom stereocenters. The monoisotopic (exact) mass is 382 g/mol. The first kappa shape index (κ1) is 20.0. The molecule has 0 aromatic heterocycles. The lowest BCUT2D eigenvalue weighted by Crippen LogP contribution is -2.48. The van der Waals surface area contributed by atoms with E-state index in [-0.39, 0.29) is 18.9 Å². The number of benzene rings is 1. The second-order valence-electron chi connectivity index (χ2n) is 6.45. The van der Waals surface area contributed by atoms with Gasteiger partial charge in [0, 0.05) is 23.7 Å². The largest absolute Gasteiger partial charge is 0.469 e. The Morgan fingerprint density at radius 3 is 2.38 bits per heavy atom. The van der Waals surface area contributed by atoms with Crippen LogP contribution in [0, 0.1) is 0 Å². The SMILES string of the molecule is COC(=O)CC(C)(CNC(=O)c1ccc(Cl)cc1)OC(=O)N1CCCC1. The number of rotatable bonds is 6. The van der Waals surface area contributed by atoms with Gasteiger partial charge in [-0.15, -0.1) is 0 Å². The molecule has 1 aliphatic rings. The van der Waals surface area contributed by atoms with Crippen LogP contribution in [-0.4, -0.2) is 55.2 Å². The number of nitrogens with zero attached hydrogens (tertiary/aromatic N) is 1. The van der Waals surface area contributed by atoms with Crippen molar-refractivity contribution in [3.63, 3.8) is 0 Å². The second kappa shape index (κ2) is 8.89. The molecule has 7 nitrogen and oxygen atoms in total. The molecule has 0 saturated carbocycles. The highest BCUT2D eigenvalue weighted by Crippen LogP contribution is 2.20. The minimum atomic E-state index is -1.21. The molecule has 142 valence electrons. The highest BCUT2D eigenvalue weighted by Gasteiger charge is 2.35. The number of methoxy groups -OCH3 is 1. The zero-order valence-corrected chi connectivity index (χ0v) is 15.7. The van der Waals surface area contributed by atoms with Crippen molar-refractivity contribution >= 4 is 29.6 Å². The number of amides is 2. The second-order valence-corrected chi connectivity index (χ2v) is 6.89. The molecule has 1 aromatic rings. The Balaban J connectivity index is 2.02. The maximum atomic E-state index is 12.3. The Hall–Kier alpha value is -2.28. The number of halogens is 1. The maximum Gasteiger partial charge on any atom is 0.410 e. The molecule has 0 bridgehead atoms. The summed E-state index contributed by atoms with van der Waals surface area (Å²) in [6, 6.07) is 6.39. The normalized spacial score (nSPS) is 15.9. The smallest absolute Gasteiger partial charge is 0.410 e. The Kier molecular flexibility index (Phi) is 6.85. The summed E-state index contributed by atoms with van der Waals surface area (Å²) >= 11 is 5.81. The van der Waals surface area contributed by atoms with Crippen LogP contribution in [0.4, 0.5) is 4.79 Å². The fraction of sp³-hybridized carbons (Fsp3) is 0.500. The molecule has 1 fully saturated rings. The summed E-state index contributed by atoms with van der Waals surface area (Å²) in [6.45, 7) is 2.83. The van der Waals surface area contributed by atoms with Crippen molar-refractivity contribution in [2.45, 2.75) is 31.8 Å². The summed E-state index contributed by atoms with van der Waals surface area (Å²) in [7, 11) is 1.26. The summed E-state index contributed by atoms with van der Waals surface area (Å²) < 4.78 is 10.2. The highest BCUT2D eigenvalue weighted by atomic mass is 35.5. The molecule has 1 N–H and O–H groups in total. The Morgan fingerprint density at radius 1 is 1.19 bits per heavy atom. The third-order valence-electron chi connectivity index (χ3n) is 4.17. The lowest BCUT2D eigenvalue weighted by molar-refractivity contribution is -0.145. The summed E-state index contributed by atoms with van der Waals surface area (Å²) in [5.41, 5.74) is -0.796. The van der Waals surface area contributed by atoms with Crippen LogP contribution in [0.25, 0.3) is 0 Å². The molecule has 1 heterocycles. The predicted octanol–water partition coefficient (Wildman–Crippen LogP) is 2.62. The van der Waals surface area contributed by atoms with E-state index in [0.29, 0.717) is 23.7 Å². The van der Waals surface area contributed by atoms with Gasteiger partial charge in [-0.1, -0.05) is 11.6 Å². The fourth-order valence-corrected chi connectivity index (χ4v) is 2.78. The minimum absolute atomic E-state index is 0.0247. The van der Waals surface area contributed by atoms with Gasteiger partial charge in [-0.2, -0.15) is 0 Å². The Morgan fingerprint density at radius 2 is 1.81 bits per heavy atom. The summed E-state index contributed by atoms with van der Waals surface area (Å²) in [5.74, 6) is -0.877. The lowest BCUT2D eigenvalue weighted by Gasteiger charge is -2.31. The van der Waals surface area contributed by atoms with Gasteiger partial charge < -0.3 is 19.7 Å². The Bertz CT molecular complexity index is 658. The van der Waals surface area contributed by atoms with Gasteiger partial charge in [-0.25, -0.2) is 4.79 Å². The van der Waals surface area contributed by atoms with Crippen LogP contribution in [0.2, 0.25) is 5.02 Å². The molecular weight excluding hydrogens is 360 g/mol. The number of hydrogen-bond donors (Lipinski definition) is 1. The number of ether oxygens (including phenoxy) is 2. The number of carbonyl (C=O) groups is 3. The number of esters is 1. The van der Waals surface area contributed by atoms with Gasteiger partial charge in [0.15, 0.2) is 0 Å². The molecule has 26 heavy (non-hydrogen) atoms. The van der Waals surface area contributed by atoms with Gasteiger partial charge in [0.1, 0.15) is 5.60 Å². The van der Waals surface area contributed by atoms with E-state index in [0.717, 1.165) is 12.8 Å². The molecule has 0 radical (unpaired) electrons. The Labute approximate surface area is 157 Å². The predicted molar refractivity (Wildman–Crippen MR) is 96.1 cm³/mol. The van der Waals surface area contributed by atoms with Gasteiger partial charge in [0.2, 0.25) is 0 Å². The van der Waals surface area contributed by atoms with Crippen LogP contribution in [-0.2, 0) is 14.3 Å². The quantitative estimate of drug-likeness (QED) is 0.764. The maximum absolute atomic E-state index is 12.3. The number of hydrogen-bond acceptors (Lipinski definition) is 5. The first-order valence-electron chi connectivity index (χ1n) is 8.41. The van der Waals surface area contributed by atoms with E-state index in [1.165, 1.54) is 7.11 Å². The van der Waals surface area contributed by atoms with Crippen molar-refractivity contribution in [3.8, 4) is 0 Å². The van der Waals surface area contributed by atoms with Crippen LogP contribution in [0.5, 0.6) is 0 Å². The molecule has 1 unspecified atom stereocenters. The molecular formula is C18H23ClN2O5. The summed E-state index contributed by atoms with van der Waals surface area (Å²) in [4.78, 5) is 37.9. The number of likely N-dealkylation sites (tertiary alicyclic amines) is 1. The topological polar surface area (TPSA) is 84.9 Å². The van der Waals surface area contributed by atoms with E-state index < -0.39 is 17.7 Å². The zero-order valence-electron chi connectivity index (χ0n) is 14.9. The van der Waals surface area contributed by atoms with Crippen LogP contribution >= 0.6 is 11.6 Å². The molecule has 1 aromatic carbocycles. The highest BCUT2D eigenvalue weighted by molar-refractivity contribution is 6.30. The van der Waals surface area contributed by atoms with Crippen LogP contribution in [0.1, 0.15) is 36.5 Å². The van der Waals surface area contributed by atoms with Crippen molar-refractivity contribution in [2.75, 3.05) is 26.7 Å². The fourth-order valence-electron chi connectivity index (χ4n) is 2.66. The van der Waals surface area contributed by atoms with Crippen molar-refractivity contribution < 1.29 is 23.9 Å². The van der Waals surface area contributed by atoms with Crippen LogP contribution < -0.4 is 5.32 Å². The molecule has 8 heteroatoms. The van der Waals surface area contributed by atoms with E-state index >= 15 is 0 Å². The van der Waals surface area contributed by atoms with Gasteiger partial charge >= 0.3 is 12.1 Å². The van der Waals surface area contributed by atoms with Gasteiger partial charge in [-0.3, -0.25) is 9.59 Å².